The molecular formula is C17H25NS. The molecule has 2 fully saturated rings. The fourth-order valence-electron chi connectivity index (χ4n) is 3.36. The summed E-state index contributed by atoms with van der Waals surface area (Å²) in [6, 6.07) is 11.5. The third-order valence-electron chi connectivity index (χ3n) is 4.55. The number of hydrogen-bond acceptors (Lipinski definition) is 2. The molecule has 0 aromatic heterocycles. The van der Waals surface area contributed by atoms with Crippen LogP contribution in [0.25, 0.3) is 0 Å². The summed E-state index contributed by atoms with van der Waals surface area (Å²) in [7, 11) is 0. The van der Waals surface area contributed by atoms with Crippen molar-refractivity contribution in [3.8, 4) is 0 Å². The first-order valence-corrected chi connectivity index (χ1v) is 8.81. The van der Waals surface area contributed by atoms with E-state index in [4.69, 9.17) is 0 Å². The first kappa shape index (κ1) is 13.5. The van der Waals surface area contributed by atoms with Crippen LogP contribution in [0.4, 0.5) is 0 Å². The van der Waals surface area contributed by atoms with Gasteiger partial charge in [-0.15, -0.1) is 11.8 Å². The van der Waals surface area contributed by atoms with E-state index in [1.54, 1.807) is 0 Å². The van der Waals surface area contributed by atoms with Crippen LogP contribution < -0.4 is 5.32 Å². The van der Waals surface area contributed by atoms with Crippen LogP contribution in [-0.2, 0) is 0 Å². The molecule has 1 nitrogen and oxygen atoms in total. The average Bonchev–Trinajstić information content (AvgIpc) is 3.30. The van der Waals surface area contributed by atoms with Crippen LogP contribution in [-0.4, -0.2) is 18.3 Å². The monoisotopic (exact) mass is 275 g/mol. The second kappa shape index (κ2) is 6.81. The second-order valence-corrected chi connectivity index (χ2v) is 7.25. The van der Waals surface area contributed by atoms with Gasteiger partial charge in [0.15, 0.2) is 0 Å². The number of nitrogens with one attached hydrogen (secondary N) is 1. The van der Waals surface area contributed by atoms with E-state index in [-0.39, 0.29) is 0 Å². The van der Waals surface area contributed by atoms with Gasteiger partial charge in [0.25, 0.3) is 0 Å². The molecular weight excluding hydrogens is 250 g/mol. The van der Waals surface area contributed by atoms with E-state index in [1.165, 1.54) is 49.2 Å². The topological polar surface area (TPSA) is 12.0 Å². The molecule has 2 atom stereocenters. The van der Waals surface area contributed by atoms with Crippen LogP contribution in [0.1, 0.15) is 38.5 Å². The largest absolute Gasteiger partial charge is 0.313 e. The van der Waals surface area contributed by atoms with Crippen molar-refractivity contribution in [2.75, 3.05) is 12.3 Å². The van der Waals surface area contributed by atoms with Crippen molar-refractivity contribution in [2.24, 2.45) is 11.8 Å². The van der Waals surface area contributed by atoms with Crippen molar-refractivity contribution in [3.63, 3.8) is 0 Å². The van der Waals surface area contributed by atoms with E-state index in [1.807, 2.05) is 11.8 Å². The Morgan fingerprint density at radius 2 is 1.84 bits per heavy atom. The highest BCUT2D eigenvalue weighted by molar-refractivity contribution is 7.99. The Morgan fingerprint density at radius 3 is 2.63 bits per heavy atom. The third-order valence-corrected chi connectivity index (χ3v) is 5.56. The molecule has 104 valence electrons. The molecule has 19 heavy (non-hydrogen) atoms. The molecule has 0 saturated heterocycles. The maximum atomic E-state index is 3.78. The molecule has 0 heterocycles. The Labute approximate surface area is 121 Å². The molecule has 0 aliphatic heterocycles. The molecule has 0 radical (unpaired) electrons. The minimum atomic E-state index is 0.802. The van der Waals surface area contributed by atoms with Gasteiger partial charge in [-0.05, 0) is 49.7 Å². The lowest BCUT2D eigenvalue weighted by molar-refractivity contribution is 0.264. The van der Waals surface area contributed by atoms with E-state index in [0.29, 0.717) is 0 Å². The zero-order chi connectivity index (χ0) is 12.9. The van der Waals surface area contributed by atoms with Crippen molar-refractivity contribution in [1.29, 1.82) is 0 Å². The molecule has 3 rings (SSSR count). The highest BCUT2D eigenvalue weighted by atomic mass is 32.2. The van der Waals surface area contributed by atoms with Gasteiger partial charge >= 0.3 is 0 Å². The van der Waals surface area contributed by atoms with E-state index in [9.17, 15) is 0 Å². The molecule has 2 aliphatic rings. The van der Waals surface area contributed by atoms with Crippen LogP contribution in [0.5, 0.6) is 0 Å². The lowest BCUT2D eigenvalue weighted by Crippen LogP contribution is -2.35. The third kappa shape index (κ3) is 4.25. The predicted molar refractivity (Wildman–Crippen MR) is 83.6 cm³/mol. The lowest BCUT2D eigenvalue weighted by atomic mass is 9.83. The number of thioether (sulfide) groups is 1. The normalized spacial score (nSPS) is 27.4. The minimum absolute atomic E-state index is 0.802. The number of benzene rings is 1. The Morgan fingerprint density at radius 1 is 1.00 bits per heavy atom. The molecule has 1 N–H and O–H groups in total. The van der Waals surface area contributed by atoms with Gasteiger partial charge in [-0.2, -0.15) is 0 Å². The average molecular weight is 275 g/mol. The van der Waals surface area contributed by atoms with Crippen LogP contribution in [0, 0.1) is 11.8 Å². The molecule has 1 aromatic rings. The summed E-state index contributed by atoms with van der Waals surface area (Å²) in [5.74, 6) is 3.34. The highest BCUT2D eigenvalue weighted by Gasteiger charge is 2.34. The van der Waals surface area contributed by atoms with Crippen LogP contribution >= 0.6 is 11.8 Å². The Bertz CT molecular complexity index is 374. The number of rotatable bonds is 6. The Kier molecular flexibility index (Phi) is 4.84. The van der Waals surface area contributed by atoms with Crippen LogP contribution in [0.2, 0.25) is 0 Å². The number of hydrogen-bond donors (Lipinski definition) is 1. The van der Waals surface area contributed by atoms with E-state index < -0.39 is 0 Å². The summed E-state index contributed by atoms with van der Waals surface area (Å²) >= 11 is 1.97. The van der Waals surface area contributed by atoms with Gasteiger partial charge in [0.1, 0.15) is 0 Å². The van der Waals surface area contributed by atoms with Gasteiger partial charge in [-0.3, -0.25) is 0 Å². The predicted octanol–water partition coefficient (Wildman–Crippen LogP) is 4.34. The zero-order valence-corrected chi connectivity index (χ0v) is 12.5. The van der Waals surface area contributed by atoms with Gasteiger partial charge in [-0.1, -0.05) is 31.0 Å². The molecule has 0 spiro atoms. The molecule has 2 aliphatic carbocycles. The van der Waals surface area contributed by atoms with E-state index >= 15 is 0 Å². The van der Waals surface area contributed by atoms with Gasteiger partial charge in [0.2, 0.25) is 0 Å². The fraction of sp³-hybridized carbons (Fsp3) is 0.647. The first-order valence-electron chi connectivity index (χ1n) is 7.83. The minimum Gasteiger partial charge on any atom is -0.313 e. The molecule has 2 unspecified atom stereocenters. The lowest BCUT2D eigenvalue weighted by Gasteiger charge is -2.30. The smallest absolute Gasteiger partial charge is 0.0106 e. The van der Waals surface area contributed by atoms with E-state index in [2.05, 4.69) is 35.6 Å². The first-order chi connectivity index (χ1) is 9.42. The maximum absolute atomic E-state index is 3.78. The Hall–Kier alpha value is -0.470. The maximum Gasteiger partial charge on any atom is 0.0106 e. The summed E-state index contributed by atoms with van der Waals surface area (Å²) < 4.78 is 0. The van der Waals surface area contributed by atoms with Crippen LogP contribution in [0.3, 0.4) is 0 Å². The zero-order valence-electron chi connectivity index (χ0n) is 11.7. The van der Waals surface area contributed by atoms with Gasteiger partial charge in [0, 0.05) is 23.2 Å². The van der Waals surface area contributed by atoms with Crippen molar-refractivity contribution in [3.05, 3.63) is 30.3 Å². The van der Waals surface area contributed by atoms with E-state index in [0.717, 1.165) is 24.4 Å². The van der Waals surface area contributed by atoms with Gasteiger partial charge in [-0.25, -0.2) is 0 Å². The van der Waals surface area contributed by atoms with Crippen molar-refractivity contribution in [1.82, 2.24) is 5.32 Å². The summed E-state index contributed by atoms with van der Waals surface area (Å²) in [4.78, 5) is 1.39. The highest BCUT2D eigenvalue weighted by Crippen LogP contribution is 2.43. The summed E-state index contributed by atoms with van der Waals surface area (Å²) in [5.41, 5.74) is 0. The van der Waals surface area contributed by atoms with Crippen molar-refractivity contribution >= 4 is 11.8 Å². The quantitative estimate of drug-likeness (QED) is 0.612. The second-order valence-electron chi connectivity index (χ2n) is 6.08. The molecule has 0 amide bonds. The molecule has 2 heteroatoms. The van der Waals surface area contributed by atoms with Gasteiger partial charge in [0.05, 0.1) is 0 Å². The molecule has 2 saturated carbocycles. The summed E-state index contributed by atoms with van der Waals surface area (Å²) in [5, 5.41) is 3.78. The summed E-state index contributed by atoms with van der Waals surface area (Å²) in [6.07, 6.45) is 8.83. The van der Waals surface area contributed by atoms with Gasteiger partial charge < -0.3 is 5.32 Å². The molecule has 1 aromatic carbocycles. The SMILES string of the molecule is c1ccc(SCCNC2CCCC(C3CC3)C2)cc1. The molecule has 0 bridgehead atoms. The van der Waals surface area contributed by atoms with Crippen molar-refractivity contribution in [2.45, 2.75) is 49.5 Å². The Balaban J connectivity index is 1.33. The fourth-order valence-corrected chi connectivity index (χ4v) is 4.16. The standard InChI is InChI=1S/C17H25NS/c1-2-7-17(8-3-1)19-12-11-18-16-6-4-5-15(13-16)14-9-10-14/h1-3,7-8,14-16,18H,4-6,9-13H2. The van der Waals surface area contributed by atoms with Crippen molar-refractivity contribution < 1.29 is 0 Å². The summed E-state index contributed by atoms with van der Waals surface area (Å²) in [6.45, 7) is 1.15. The van der Waals surface area contributed by atoms with Crippen LogP contribution in [0.15, 0.2) is 35.2 Å².